The molecule has 1 aromatic heterocycles. The third-order valence-electron chi connectivity index (χ3n) is 6.49. The number of rotatable bonds is 6. The van der Waals surface area contributed by atoms with Gasteiger partial charge in [-0.05, 0) is 42.5 Å². The molecule has 0 spiro atoms. The van der Waals surface area contributed by atoms with Gasteiger partial charge in [-0.3, -0.25) is 9.59 Å². The second kappa shape index (κ2) is 10.8. The van der Waals surface area contributed by atoms with Gasteiger partial charge in [-0.1, -0.05) is 29.4 Å². The number of nitrogens with one attached hydrogen (secondary N) is 1. The minimum absolute atomic E-state index is 0.144. The Kier molecular flexibility index (Phi) is 7.35. The maximum atomic E-state index is 13.3. The zero-order valence-electron chi connectivity index (χ0n) is 20.1. The van der Waals surface area contributed by atoms with Crippen LogP contribution in [0.25, 0.3) is 11.4 Å². The molecule has 0 radical (unpaired) electrons. The van der Waals surface area contributed by atoms with Gasteiger partial charge >= 0.3 is 0 Å². The Bertz CT molecular complexity index is 1240. The Morgan fingerprint density at radius 3 is 2.69 bits per heavy atom. The molecule has 3 heterocycles. The van der Waals surface area contributed by atoms with Gasteiger partial charge in [-0.15, -0.1) is 11.8 Å². The van der Waals surface area contributed by atoms with Crippen molar-refractivity contribution in [2.75, 3.05) is 30.4 Å². The first kappa shape index (κ1) is 24.5. The van der Waals surface area contributed by atoms with Crippen LogP contribution in [0.4, 0.5) is 5.69 Å². The van der Waals surface area contributed by atoms with E-state index in [1.165, 1.54) is 11.8 Å². The van der Waals surface area contributed by atoms with Crippen molar-refractivity contribution < 1.29 is 18.8 Å². The maximum absolute atomic E-state index is 13.3. The lowest BCUT2D eigenvalue weighted by atomic mass is 10.0. The molecule has 2 aliphatic heterocycles. The smallest absolute Gasteiger partial charge is 0.251 e. The molecule has 3 aromatic rings. The van der Waals surface area contributed by atoms with Crippen LogP contribution in [0.1, 0.15) is 34.7 Å². The number of nitrogens with zero attached hydrogens (tertiary/aromatic N) is 3. The van der Waals surface area contributed by atoms with E-state index >= 15 is 0 Å². The monoisotopic (exact) mass is 507 g/mol. The minimum atomic E-state index is -0.630. The number of carbonyl (C=O) groups excluding carboxylic acids is 2. The summed E-state index contributed by atoms with van der Waals surface area (Å²) in [5.41, 5.74) is 9.18. The third kappa shape index (κ3) is 5.45. The number of aryl methyl sites for hydroxylation is 1. The van der Waals surface area contributed by atoms with Crippen molar-refractivity contribution >= 4 is 29.3 Å². The van der Waals surface area contributed by atoms with Crippen LogP contribution < -0.4 is 16.0 Å². The van der Waals surface area contributed by atoms with Gasteiger partial charge in [0.1, 0.15) is 0 Å². The van der Waals surface area contributed by atoms with Crippen LogP contribution in [0.5, 0.6) is 0 Å². The quantitative estimate of drug-likeness (QED) is 0.522. The van der Waals surface area contributed by atoms with Crippen LogP contribution in [-0.2, 0) is 16.1 Å². The molecule has 5 rings (SSSR count). The second-order valence-corrected chi connectivity index (χ2v) is 10.2. The highest BCUT2D eigenvalue weighted by atomic mass is 32.2. The zero-order chi connectivity index (χ0) is 25.1. The van der Waals surface area contributed by atoms with E-state index in [0.717, 1.165) is 42.1 Å². The Morgan fingerprint density at radius 1 is 1.19 bits per heavy atom. The van der Waals surface area contributed by atoms with Crippen molar-refractivity contribution in [2.45, 2.75) is 37.2 Å². The van der Waals surface area contributed by atoms with Crippen LogP contribution in [-0.4, -0.2) is 53.5 Å². The molecule has 2 aliphatic rings. The van der Waals surface area contributed by atoms with Crippen molar-refractivity contribution in [3.8, 4) is 11.4 Å². The fourth-order valence-corrected chi connectivity index (χ4v) is 5.36. The van der Waals surface area contributed by atoms with Crippen molar-refractivity contribution in [3.63, 3.8) is 0 Å². The summed E-state index contributed by atoms with van der Waals surface area (Å²) in [5.74, 6) is 1.61. The summed E-state index contributed by atoms with van der Waals surface area (Å²) in [7, 11) is 0. The molecule has 188 valence electrons. The van der Waals surface area contributed by atoms with Crippen LogP contribution in [0.15, 0.2) is 51.9 Å². The van der Waals surface area contributed by atoms with Gasteiger partial charge in [0.15, 0.2) is 0 Å². The average Bonchev–Trinajstić information content (AvgIpc) is 3.31. The molecule has 0 saturated carbocycles. The number of benzene rings is 2. The first-order valence-corrected chi connectivity index (χ1v) is 13.1. The molecule has 2 aromatic carbocycles. The highest BCUT2D eigenvalue weighted by Crippen LogP contribution is 2.36. The molecule has 2 amide bonds. The Morgan fingerprint density at radius 2 is 1.97 bits per heavy atom. The van der Waals surface area contributed by atoms with E-state index in [9.17, 15) is 9.59 Å². The van der Waals surface area contributed by atoms with Crippen molar-refractivity contribution in [1.82, 2.24) is 15.5 Å². The Hall–Kier alpha value is -3.21. The van der Waals surface area contributed by atoms with Crippen molar-refractivity contribution in [2.24, 2.45) is 11.7 Å². The molecule has 36 heavy (non-hydrogen) atoms. The molecule has 1 fully saturated rings. The fraction of sp³-hybridized carbons (Fsp3) is 0.385. The number of aromatic nitrogens is 2. The number of ether oxygens (including phenoxy) is 1. The van der Waals surface area contributed by atoms with E-state index in [4.69, 9.17) is 15.0 Å². The Labute approximate surface area is 213 Å². The van der Waals surface area contributed by atoms with E-state index < -0.39 is 6.04 Å². The molecule has 10 heteroatoms. The van der Waals surface area contributed by atoms with Gasteiger partial charge in [0.25, 0.3) is 5.91 Å². The molecular formula is C26H29N5O4S. The first-order valence-electron chi connectivity index (χ1n) is 12.1. The van der Waals surface area contributed by atoms with Crippen molar-refractivity contribution in [3.05, 3.63) is 59.5 Å². The standard InChI is InChI=1S/C26H29N5O4S/c1-16-29-24(30-35-16)19-4-2-18(3-5-19)14-31-22-12-20(6-7-23(22)36-15-21(27)26(31)33)25(32)28-13-17-8-10-34-11-9-17/h2-7,12,17,21H,8-11,13-15,27H2,1H3,(H,28,32)/t21-/m0/s1. The average molecular weight is 508 g/mol. The van der Waals surface area contributed by atoms with E-state index in [-0.39, 0.29) is 11.8 Å². The molecular weight excluding hydrogens is 478 g/mol. The molecule has 0 bridgehead atoms. The third-order valence-corrected chi connectivity index (χ3v) is 7.67. The molecule has 0 aliphatic carbocycles. The lowest BCUT2D eigenvalue weighted by molar-refractivity contribution is -0.119. The summed E-state index contributed by atoms with van der Waals surface area (Å²) in [4.78, 5) is 33.1. The van der Waals surface area contributed by atoms with Gasteiger partial charge in [0.05, 0.1) is 18.3 Å². The zero-order valence-corrected chi connectivity index (χ0v) is 20.9. The number of thioether (sulfide) groups is 1. The fourth-order valence-electron chi connectivity index (χ4n) is 4.37. The second-order valence-electron chi connectivity index (χ2n) is 9.12. The van der Waals surface area contributed by atoms with Crippen LogP contribution in [0.3, 0.4) is 0 Å². The largest absolute Gasteiger partial charge is 0.381 e. The molecule has 1 saturated heterocycles. The van der Waals surface area contributed by atoms with E-state index in [0.29, 0.717) is 47.7 Å². The number of anilines is 1. The molecule has 1 atom stereocenters. The number of nitrogens with two attached hydrogens (primary N) is 1. The number of hydrogen-bond donors (Lipinski definition) is 2. The van der Waals surface area contributed by atoms with Crippen LogP contribution >= 0.6 is 11.8 Å². The van der Waals surface area contributed by atoms with Crippen molar-refractivity contribution in [1.29, 1.82) is 0 Å². The number of carbonyl (C=O) groups is 2. The molecule has 3 N–H and O–H groups in total. The van der Waals surface area contributed by atoms with Gasteiger partial charge in [0, 0.05) is 48.5 Å². The van der Waals surface area contributed by atoms with Crippen LogP contribution in [0.2, 0.25) is 0 Å². The molecule has 0 unspecified atom stereocenters. The predicted molar refractivity (Wildman–Crippen MR) is 137 cm³/mol. The van der Waals surface area contributed by atoms with Gasteiger partial charge in [0.2, 0.25) is 17.6 Å². The lowest BCUT2D eigenvalue weighted by Gasteiger charge is -2.25. The highest BCUT2D eigenvalue weighted by Gasteiger charge is 2.29. The highest BCUT2D eigenvalue weighted by molar-refractivity contribution is 7.99. The number of hydrogen-bond acceptors (Lipinski definition) is 8. The van der Waals surface area contributed by atoms with E-state index in [1.807, 2.05) is 36.4 Å². The van der Waals surface area contributed by atoms with E-state index in [2.05, 4.69) is 15.5 Å². The summed E-state index contributed by atoms with van der Waals surface area (Å²) in [6, 6.07) is 12.6. The number of amides is 2. The first-order chi connectivity index (χ1) is 17.5. The minimum Gasteiger partial charge on any atom is -0.381 e. The normalized spacial score (nSPS) is 18.6. The molecule has 9 nitrogen and oxygen atoms in total. The summed E-state index contributed by atoms with van der Waals surface area (Å²) in [6.45, 7) is 4.17. The predicted octanol–water partition coefficient (Wildman–Crippen LogP) is 3.17. The summed E-state index contributed by atoms with van der Waals surface area (Å²) >= 11 is 1.53. The lowest BCUT2D eigenvalue weighted by Crippen LogP contribution is -2.44. The Balaban J connectivity index is 1.36. The summed E-state index contributed by atoms with van der Waals surface area (Å²) in [6.07, 6.45) is 1.90. The number of fused-ring (bicyclic) bond motifs is 1. The SMILES string of the molecule is Cc1nc(-c2ccc(CN3C(=O)[C@@H](N)CSc4ccc(C(=O)NCC5CCOCC5)cc43)cc2)no1. The van der Waals surface area contributed by atoms with E-state index in [1.54, 1.807) is 17.9 Å². The van der Waals surface area contributed by atoms with Gasteiger partial charge < -0.3 is 25.2 Å². The van der Waals surface area contributed by atoms with Crippen LogP contribution in [0, 0.1) is 12.8 Å². The topological polar surface area (TPSA) is 124 Å². The van der Waals surface area contributed by atoms with Gasteiger partial charge in [-0.25, -0.2) is 0 Å². The summed E-state index contributed by atoms with van der Waals surface area (Å²) in [5, 5.41) is 7.00. The summed E-state index contributed by atoms with van der Waals surface area (Å²) < 4.78 is 10.5. The maximum Gasteiger partial charge on any atom is 0.251 e. The van der Waals surface area contributed by atoms with Gasteiger partial charge in [-0.2, -0.15) is 4.98 Å².